The lowest BCUT2D eigenvalue weighted by molar-refractivity contribution is -0.168. The Kier molecular flexibility index (Phi) is 2.40. The van der Waals surface area contributed by atoms with Crippen LogP contribution in [0.25, 0.3) is 0 Å². The van der Waals surface area contributed by atoms with Gasteiger partial charge in [0.05, 0.1) is 0 Å². The summed E-state index contributed by atoms with van der Waals surface area (Å²) in [6, 6.07) is 0. The fourth-order valence-electron chi connectivity index (χ4n) is 1.30. The number of esters is 1. The van der Waals surface area contributed by atoms with Crippen molar-refractivity contribution >= 4 is 5.97 Å². The van der Waals surface area contributed by atoms with E-state index in [0.717, 1.165) is 0 Å². The number of ether oxygens (including phenoxy) is 1. The maximum atomic E-state index is 12.7. The van der Waals surface area contributed by atoms with E-state index >= 15 is 0 Å². The van der Waals surface area contributed by atoms with Crippen LogP contribution in [0.5, 0.6) is 0 Å². The summed E-state index contributed by atoms with van der Waals surface area (Å²) in [6.45, 7) is 5.97. The molecule has 1 aliphatic heterocycles. The second-order valence-electron chi connectivity index (χ2n) is 4.34. The van der Waals surface area contributed by atoms with Crippen LogP contribution in [0.2, 0.25) is 0 Å². The maximum absolute atomic E-state index is 12.7. The summed E-state index contributed by atoms with van der Waals surface area (Å²) in [6.07, 6.45) is -0.586. The minimum absolute atomic E-state index is 0.0736. The fourth-order valence-corrected chi connectivity index (χ4v) is 1.30. The highest BCUT2D eigenvalue weighted by Crippen LogP contribution is 2.30. The zero-order valence-corrected chi connectivity index (χ0v) is 7.76. The Hall–Kier alpha value is -0.600. The molecule has 70 valence electrons. The van der Waals surface area contributed by atoms with Crippen molar-refractivity contribution in [2.24, 2.45) is 5.41 Å². The second-order valence-corrected chi connectivity index (χ2v) is 4.34. The van der Waals surface area contributed by atoms with Crippen LogP contribution in [0.15, 0.2) is 0 Å². The molecule has 1 aliphatic rings. The molecule has 0 amide bonds. The van der Waals surface area contributed by atoms with Crippen LogP contribution in [0.4, 0.5) is 4.39 Å². The van der Waals surface area contributed by atoms with Gasteiger partial charge in [0.25, 0.3) is 0 Å². The van der Waals surface area contributed by atoms with E-state index in [1.165, 1.54) is 0 Å². The van der Waals surface area contributed by atoms with E-state index in [-0.39, 0.29) is 11.5 Å². The molecule has 0 unspecified atom stereocenters. The van der Waals surface area contributed by atoms with Crippen LogP contribution in [-0.2, 0) is 9.53 Å². The lowest BCUT2D eigenvalue weighted by Gasteiger charge is -2.34. The number of hydrogen-bond donors (Lipinski definition) is 0. The molecule has 0 N–H and O–H groups in total. The number of cyclic esters (lactones) is 1. The molecule has 1 rings (SSSR count). The first-order chi connectivity index (χ1) is 5.41. The summed E-state index contributed by atoms with van der Waals surface area (Å²) in [5, 5.41) is 0. The molecule has 0 radical (unpaired) electrons. The van der Waals surface area contributed by atoms with Gasteiger partial charge in [-0.3, -0.25) is 0 Å². The molecular formula is C9H15FO2. The number of halogens is 1. The van der Waals surface area contributed by atoms with Gasteiger partial charge in [-0.25, -0.2) is 9.18 Å². The fraction of sp³-hybridized carbons (Fsp3) is 0.889. The van der Waals surface area contributed by atoms with Crippen LogP contribution >= 0.6 is 0 Å². The van der Waals surface area contributed by atoms with Gasteiger partial charge in [0.1, 0.15) is 6.10 Å². The summed E-state index contributed by atoms with van der Waals surface area (Å²) >= 11 is 0. The van der Waals surface area contributed by atoms with Gasteiger partial charge < -0.3 is 4.74 Å². The Balaban J connectivity index is 2.57. The van der Waals surface area contributed by atoms with Crippen LogP contribution in [-0.4, -0.2) is 18.2 Å². The number of carbonyl (C=O) groups excluding carboxylic acids is 1. The topological polar surface area (TPSA) is 26.3 Å². The number of carbonyl (C=O) groups is 1. The monoisotopic (exact) mass is 174 g/mol. The molecule has 0 saturated carbocycles. The van der Waals surface area contributed by atoms with Gasteiger partial charge in [0.2, 0.25) is 0 Å². The van der Waals surface area contributed by atoms with Crippen molar-refractivity contribution in [1.82, 2.24) is 0 Å². The van der Waals surface area contributed by atoms with Crippen LogP contribution in [0, 0.1) is 5.41 Å². The maximum Gasteiger partial charge on any atom is 0.341 e. The van der Waals surface area contributed by atoms with Gasteiger partial charge in [0.15, 0.2) is 6.17 Å². The third-order valence-corrected chi connectivity index (χ3v) is 2.16. The third kappa shape index (κ3) is 1.96. The molecule has 1 saturated heterocycles. The molecule has 0 aliphatic carbocycles. The van der Waals surface area contributed by atoms with E-state index in [4.69, 9.17) is 4.74 Å². The lowest BCUT2D eigenvalue weighted by atomic mass is 9.84. The quantitative estimate of drug-likeness (QED) is 0.525. The Labute approximate surface area is 72.1 Å². The van der Waals surface area contributed by atoms with Gasteiger partial charge in [-0.1, -0.05) is 20.8 Å². The van der Waals surface area contributed by atoms with Crippen molar-refractivity contribution in [3.8, 4) is 0 Å². The predicted molar refractivity (Wildman–Crippen MR) is 43.5 cm³/mol. The summed E-state index contributed by atoms with van der Waals surface area (Å²) in [5.41, 5.74) is -0.0736. The smallest absolute Gasteiger partial charge is 0.341 e. The van der Waals surface area contributed by atoms with Crippen molar-refractivity contribution in [2.75, 3.05) is 0 Å². The summed E-state index contributed by atoms with van der Waals surface area (Å²) in [4.78, 5) is 10.9. The van der Waals surface area contributed by atoms with Gasteiger partial charge in [-0.15, -0.1) is 0 Å². The average Bonchev–Trinajstić information content (AvgIpc) is 1.92. The third-order valence-electron chi connectivity index (χ3n) is 2.16. The highest BCUT2D eigenvalue weighted by atomic mass is 19.1. The molecule has 2 nitrogen and oxygen atoms in total. The first-order valence-electron chi connectivity index (χ1n) is 4.26. The van der Waals surface area contributed by atoms with Crippen molar-refractivity contribution < 1.29 is 13.9 Å². The molecule has 3 heteroatoms. The van der Waals surface area contributed by atoms with E-state index < -0.39 is 12.1 Å². The Morgan fingerprint density at radius 2 is 2.00 bits per heavy atom. The first-order valence-corrected chi connectivity index (χ1v) is 4.26. The van der Waals surface area contributed by atoms with Gasteiger partial charge >= 0.3 is 5.97 Å². The summed E-state index contributed by atoms with van der Waals surface area (Å²) < 4.78 is 17.6. The molecule has 0 spiro atoms. The Morgan fingerprint density at radius 1 is 1.42 bits per heavy atom. The molecule has 0 bridgehead atoms. The van der Waals surface area contributed by atoms with Gasteiger partial charge in [-0.05, 0) is 18.3 Å². The number of hydrogen-bond acceptors (Lipinski definition) is 2. The summed E-state index contributed by atoms with van der Waals surface area (Å²) in [7, 11) is 0. The van der Waals surface area contributed by atoms with E-state index in [9.17, 15) is 9.18 Å². The van der Waals surface area contributed by atoms with Crippen LogP contribution < -0.4 is 0 Å². The summed E-state index contributed by atoms with van der Waals surface area (Å²) in [5.74, 6) is -0.693. The Morgan fingerprint density at radius 3 is 2.42 bits per heavy atom. The van der Waals surface area contributed by atoms with Crippen LogP contribution in [0.3, 0.4) is 0 Å². The highest BCUT2D eigenvalue weighted by Gasteiger charge is 2.36. The van der Waals surface area contributed by atoms with E-state index in [2.05, 4.69) is 0 Å². The van der Waals surface area contributed by atoms with Crippen molar-refractivity contribution in [3.63, 3.8) is 0 Å². The van der Waals surface area contributed by atoms with E-state index in [1.807, 2.05) is 20.8 Å². The molecule has 0 aromatic rings. The molecule has 1 fully saturated rings. The van der Waals surface area contributed by atoms with Crippen molar-refractivity contribution in [2.45, 2.75) is 45.9 Å². The number of alkyl halides is 1. The minimum atomic E-state index is -1.40. The predicted octanol–water partition coefficient (Wildman–Crippen LogP) is 2.08. The zero-order chi connectivity index (χ0) is 9.35. The molecule has 1 heterocycles. The normalized spacial score (nSPS) is 31.5. The minimum Gasteiger partial charge on any atom is -0.460 e. The van der Waals surface area contributed by atoms with E-state index in [1.54, 1.807) is 0 Å². The Bertz CT molecular complexity index is 183. The second kappa shape index (κ2) is 3.04. The molecular weight excluding hydrogens is 159 g/mol. The van der Waals surface area contributed by atoms with Crippen molar-refractivity contribution in [1.29, 1.82) is 0 Å². The highest BCUT2D eigenvalue weighted by molar-refractivity contribution is 5.75. The van der Waals surface area contributed by atoms with Gasteiger partial charge in [-0.2, -0.15) is 0 Å². The first kappa shape index (κ1) is 9.49. The van der Waals surface area contributed by atoms with Crippen molar-refractivity contribution in [3.05, 3.63) is 0 Å². The lowest BCUT2D eigenvalue weighted by Crippen LogP contribution is -2.39. The largest absolute Gasteiger partial charge is 0.460 e. The SMILES string of the molecule is CC(C)(C)[C@@H]1CC[C@@H](F)C(=O)O1. The zero-order valence-electron chi connectivity index (χ0n) is 7.76. The number of rotatable bonds is 0. The average molecular weight is 174 g/mol. The van der Waals surface area contributed by atoms with Crippen LogP contribution in [0.1, 0.15) is 33.6 Å². The molecule has 2 atom stereocenters. The van der Waals surface area contributed by atoms with Gasteiger partial charge in [0, 0.05) is 0 Å². The molecule has 12 heavy (non-hydrogen) atoms. The molecule has 0 aromatic heterocycles. The molecule has 0 aromatic carbocycles. The van der Waals surface area contributed by atoms with E-state index in [0.29, 0.717) is 12.8 Å². The standard InChI is InChI=1S/C9H15FO2/c1-9(2,3)7-5-4-6(10)8(11)12-7/h6-7H,4-5H2,1-3H3/t6-,7+/m1/s1.